The van der Waals surface area contributed by atoms with E-state index in [1.165, 1.54) is 11.3 Å². The Bertz CT molecular complexity index is 799. The van der Waals surface area contributed by atoms with Crippen LogP contribution in [0.2, 0.25) is 0 Å². The predicted molar refractivity (Wildman–Crippen MR) is 99.1 cm³/mol. The molecule has 7 nitrogen and oxygen atoms in total. The Hall–Kier alpha value is -2.12. The average Bonchev–Trinajstić information content (AvgIpc) is 2.67. The van der Waals surface area contributed by atoms with Crippen molar-refractivity contribution in [1.82, 2.24) is 9.97 Å². The van der Waals surface area contributed by atoms with E-state index in [0.29, 0.717) is 40.9 Å². The van der Waals surface area contributed by atoms with Gasteiger partial charge in [-0.1, -0.05) is 0 Å². The van der Waals surface area contributed by atoms with Crippen LogP contribution >= 0.6 is 0 Å². The zero-order chi connectivity index (χ0) is 18.5. The number of nitrogens with zero attached hydrogens (tertiary/aromatic N) is 1. The highest BCUT2D eigenvalue weighted by molar-refractivity contribution is 5.81. The molecule has 1 fully saturated rings. The van der Waals surface area contributed by atoms with Crippen molar-refractivity contribution in [2.24, 2.45) is 0 Å². The third kappa shape index (κ3) is 4.16. The van der Waals surface area contributed by atoms with Gasteiger partial charge in [0.1, 0.15) is 19.2 Å². The summed E-state index contributed by atoms with van der Waals surface area (Å²) >= 11 is 0. The summed E-state index contributed by atoms with van der Waals surface area (Å²) in [6.07, 6.45) is 3.80. The molecular weight excluding hydrogens is 334 g/mol. The topological polar surface area (TPSA) is 77.9 Å². The van der Waals surface area contributed by atoms with Crippen LogP contribution in [-0.2, 0) is 11.3 Å². The Morgan fingerprint density at radius 1 is 1.27 bits per heavy atom. The van der Waals surface area contributed by atoms with Gasteiger partial charge in [-0.05, 0) is 32.3 Å². The first-order valence-electron chi connectivity index (χ1n) is 9.24. The summed E-state index contributed by atoms with van der Waals surface area (Å²) in [4.78, 5) is 21.4. The number of hydrogen-bond acceptors (Lipinski definition) is 5. The number of aromatic nitrogens is 2. The molecule has 0 radical (unpaired) electrons. The lowest BCUT2D eigenvalue weighted by Gasteiger charge is -2.26. The number of benzene rings is 1. The van der Waals surface area contributed by atoms with Crippen molar-refractivity contribution in [3.63, 3.8) is 0 Å². The highest BCUT2D eigenvalue weighted by atomic mass is 16.5. The second-order valence-electron chi connectivity index (χ2n) is 6.71. The van der Waals surface area contributed by atoms with Gasteiger partial charge >= 0.3 is 0 Å². The lowest BCUT2D eigenvalue weighted by molar-refractivity contribution is -0.916. The van der Waals surface area contributed by atoms with Gasteiger partial charge in [0.2, 0.25) is 0 Å². The molecule has 142 valence electrons. The average molecular weight is 362 g/mol. The van der Waals surface area contributed by atoms with Crippen LogP contribution in [0.4, 0.5) is 0 Å². The fourth-order valence-electron chi connectivity index (χ4n) is 3.47. The third-order valence-electron chi connectivity index (χ3n) is 4.97. The van der Waals surface area contributed by atoms with Crippen molar-refractivity contribution in [3.05, 3.63) is 28.3 Å². The van der Waals surface area contributed by atoms with Crippen molar-refractivity contribution in [3.8, 4) is 11.5 Å². The number of hydrogen-bond donors (Lipinski definition) is 2. The van der Waals surface area contributed by atoms with Crippen molar-refractivity contribution in [2.75, 3.05) is 33.9 Å². The lowest BCUT2D eigenvalue weighted by atomic mass is 10.1. The zero-order valence-corrected chi connectivity index (χ0v) is 15.8. The van der Waals surface area contributed by atoms with Gasteiger partial charge in [0.15, 0.2) is 17.3 Å². The number of rotatable bonds is 7. The maximum Gasteiger partial charge on any atom is 0.259 e. The molecule has 2 aromatic rings. The van der Waals surface area contributed by atoms with Crippen molar-refractivity contribution < 1.29 is 19.1 Å². The Morgan fingerprint density at radius 2 is 2.04 bits per heavy atom. The third-order valence-corrected chi connectivity index (χ3v) is 4.97. The van der Waals surface area contributed by atoms with Crippen molar-refractivity contribution in [1.29, 1.82) is 0 Å². The smallest absolute Gasteiger partial charge is 0.259 e. The van der Waals surface area contributed by atoms with E-state index in [4.69, 9.17) is 14.2 Å². The van der Waals surface area contributed by atoms with Crippen LogP contribution in [0.1, 0.15) is 32.0 Å². The Morgan fingerprint density at radius 3 is 2.69 bits per heavy atom. The molecule has 0 bridgehead atoms. The van der Waals surface area contributed by atoms with E-state index in [1.54, 1.807) is 26.4 Å². The van der Waals surface area contributed by atoms with Crippen LogP contribution in [0.25, 0.3) is 10.9 Å². The zero-order valence-electron chi connectivity index (χ0n) is 15.8. The Labute approximate surface area is 153 Å². The van der Waals surface area contributed by atoms with Gasteiger partial charge in [-0.2, -0.15) is 0 Å². The standard InChI is InChI=1S/C19H27N3O4/c1-4-22(11-13-7-5-6-8-26-13)12-18-20-15-10-17(25-3)16(24-2)9-14(15)19(23)21-18/h9-10,13H,4-8,11-12H2,1-3H3,(H,20,21,23)/p+1/t13-/m0/s1. The molecule has 0 amide bonds. The summed E-state index contributed by atoms with van der Waals surface area (Å²) in [7, 11) is 3.13. The molecule has 2 atom stereocenters. The number of likely N-dealkylation sites (N-methyl/N-ethyl adjacent to an activating group) is 1. The summed E-state index contributed by atoms with van der Waals surface area (Å²) in [5.74, 6) is 1.78. The summed E-state index contributed by atoms with van der Waals surface area (Å²) in [5, 5.41) is 0.500. The lowest BCUT2D eigenvalue weighted by Crippen LogP contribution is -3.11. The van der Waals surface area contributed by atoms with Gasteiger partial charge < -0.3 is 24.1 Å². The number of ether oxygens (including phenoxy) is 3. The molecule has 1 saturated heterocycles. The van der Waals surface area contributed by atoms with Crippen LogP contribution < -0.4 is 19.9 Å². The van der Waals surface area contributed by atoms with E-state index in [2.05, 4.69) is 16.9 Å². The fraction of sp³-hybridized carbons (Fsp3) is 0.579. The normalized spacial score (nSPS) is 18.7. The minimum Gasteiger partial charge on any atom is -0.493 e. The van der Waals surface area contributed by atoms with Gasteiger partial charge in [-0.25, -0.2) is 4.98 Å². The number of fused-ring (bicyclic) bond motifs is 1. The highest BCUT2D eigenvalue weighted by Gasteiger charge is 2.21. The Kier molecular flexibility index (Phi) is 6.11. The summed E-state index contributed by atoms with van der Waals surface area (Å²) in [6.45, 7) is 5.55. The molecule has 0 spiro atoms. The molecule has 3 rings (SSSR count). The first-order valence-corrected chi connectivity index (χ1v) is 9.24. The number of methoxy groups -OCH3 is 2. The predicted octanol–water partition coefficient (Wildman–Crippen LogP) is 0.914. The van der Waals surface area contributed by atoms with Crippen molar-refractivity contribution >= 4 is 10.9 Å². The van der Waals surface area contributed by atoms with E-state index >= 15 is 0 Å². The first kappa shape index (κ1) is 18.7. The number of nitrogens with one attached hydrogen (secondary N) is 2. The minimum absolute atomic E-state index is 0.157. The van der Waals surface area contributed by atoms with Gasteiger partial charge in [0.05, 0.1) is 31.7 Å². The summed E-state index contributed by atoms with van der Waals surface area (Å²) in [5.41, 5.74) is 0.459. The second kappa shape index (κ2) is 8.51. The molecule has 26 heavy (non-hydrogen) atoms. The highest BCUT2D eigenvalue weighted by Crippen LogP contribution is 2.29. The van der Waals surface area contributed by atoms with Crippen LogP contribution in [0.3, 0.4) is 0 Å². The van der Waals surface area contributed by atoms with Gasteiger partial charge in [-0.15, -0.1) is 0 Å². The van der Waals surface area contributed by atoms with Crippen molar-refractivity contribution in [2.45, 2.75) is 38.8 Å². The monoisotopic (exact) mass is 362 g/mol. The maximum atomic E-state index is 12.5. The van der Waals surface area contributed by atoms with E-state index in [-0.39, 0.29) is 5.56 Å². The molecule has 0 saturated carbocycles. The molecule has 1 aromatic heterocycles. The van der Waals surface area contributed by atoms with E-state index < -0.39 is 0 Å². The maximum absolute atomic E-state index is 12.5. The minimum atomic E-state index is -0.157. The van der Waals surface area contributed by atoms with Gasteiger partial charge in [0.25, 0.3) is 5.56 Å². The van der Waals surface area contributed by atoms with Crippen LogP contribution in [-0.4, -0.2) is 50.0 Å². The van der Waals surface area contributed by atoms with Crippen LogP contribution in [0, 0.1) is 0 Å². The summed E-state index contributed by atoms with van der Waals surface area (Å²) < 4.78 is 16.5. The van der Waals surface area contributed by atoms with Gasteiger partial charge in [-0.3, -0.25) is 4.79 Å². The molecule has 1 aliphatic rings. The first-order chi connectivity index (χ1) is 12.6. The SMILES string of the molecule is CC[NH+](Cc1nc2cc(OC)c(OC)cc2c(=O)[nH]1)C[C@@H]1CCCCO1. The fourth-order valence-corrected chi connectivity index (χ4v) is 3.47. The molecule has 1 unspecified atom stereocenters. The Balaban J connectivity index is 1.83. The van der Waals surface area contributed by atoms with Gasteiger partial charge in [0, 0.05) is 12.7 Å². The molecular formula is C19H28N3O4+. The molecule has 7 heteroatoms. The van der Waals surface area contributed by atoms with Crippen LogP contribution in [0.5, 0.6) is 11.5 Å². The molecule has 2 N–H and O–H groups in total. The van der Waals surface area contributed by atoms with Crippen LogP contribution in [0.15, 0.2) is 16.9 Å². The van der Waals surface area contributed by atoms with E-state index in [1.807, 2.05) is 0 Å². The van der Waals surface area contributed by atoms with E-state index in [0.717, 1.165) is 32.5 Å². The number of aromatic amines is 1. The molecule has 1 aliphatic heterocycles. The van der Waals surface area contributed by atoms with E-state index in [9.17, 15) is 4.79 Å². The second-order valence-corrected chi connectivity index (χ2v) is 6.71. The molecule has 0 aliphatic carbocycles. The largest absolute Gasteiger partial charge is 0.493 e. The molecule has 1 aromatic carbocycles. The number of H-pyrrole nitrogens is 1. The number of quaternary nitrogens is 1. The summed E-state index contributed by atoms with van der Waals surface area (Å²) in [6, 6.07) is 3.42. The quantitative estimate of drug-likeness (QED) is 0.766. The molecule has 2 heterocycles.